The van der Waals surface area contributed by atoms with Crippen LogP contribution >= 0.6 is 0 Å². The van der Waals surface area contributed by atoms with Gasteiger partial charge in [0, 0.05) is 5.69 Å². The zero-order valence-corrected chi connectivity index (χ0v) is 9.90. The van der Waals surface area contributed by atoms with Crippen molar-refractivity contribution in [3.8, 4) is 0 Å². The Morgan fingerprint density at radius 2 is 2.00 bits per heavy atom. The molecule has 0 saturated carbocycles. The first kappa shape index (κ1) is 11.3. The molecular weight excluding hydrogens is 218 g/mol. The Hall–Kier alpha value is -2.24. The van der Waals surface area contributed by atoms with E-state index < -0.39 is 0 Å². The third-order valence-electron chi connectivity index (χ3n) is 2.27. The lowest BCUT2D eigenvalue weighted by Crippen LogP contribution is -2.15. The number of nitrogens with one attached hydrogen (secondary N) is 2. The van der Waals surface area contributed by atoms with Gasteiger partial charge in [-0.1, -0.05) is 0 Å². The summed E-state index contributed by atoms with van der Waals surface area (Å²) in [5.41, 5.74) is 2.35. The third-order valence-corrected chi connectivity index (χ3v) is 2.27. The summed E-state index contributed by atoms with van der Waals surface area (Å²) in [6.45, 7) is 5.48. The van der Waals surface area contributed by atoms with E-state index in [2.05, 4.69) is 25.5 Å². The fourth-order valence-corrected chi connectivity index (χ4v) is 1.44. The van der Waals surface area contributed by atoms with E-state index in [1.807, 2.05) is 26.0 Å². The van der Waals surface area contributed by atoms with Crippen molar-refractivity contribution < 1.29 is 4.79 Å². The minimum Gasteiger partial charge on any atom is -0.318 e. The molecule has 0 bridgehead atoms. The lowest BCUT2D eigenvalue weighted by atomic mass is 10.2. The van der Waals surface area contributed by atoms with Crippen molar-refractivity contribution in [2.45, 2.75) is 20.8 Å². The summed E-state index contributed by atoms with van der Waals surface area (Å²) in [6.07, 6.45) is 0. The number of hydrogen-bond donors (Lipinski definition) is 2. The lowest BCUT2D eigenvalue weighted by molar-refractivity contribution is 0.101. The maximum atomic E-state index is 11.8. The van der Waals surface area contributed by atoms with E-state index in [1.165, 1.54) is 0 Å². The van der Waals surface area contributed by atoms with Crippen molar-refractivity contribution in [2.75, 3.05) is 5.32 Å². The van der Waals surface area contributed by atoms with Crippen LogP contribution in [0.4, 0.5) is 5.69 Å². The van der Waals surface area contributed by atoms with Crippen LogP contribution in [0, 0.1) is 20.8 Å². The van der Waals surface area contributed by atoms with Gasteiger partial charge < -0.3 is 5.32 Å². The highest BCUT2D eigenvalue weighted by atomic mass is 16.2. The third kappa shape index (κ3) is 2.47. The lowest BCUT2D eigenvalue weighted by Gasteiger charge is -2.06. The molecule has 88 valence electrons. The van der Waals surface area contributed by atoms with Crippen molar-refractivity contribution in [1.82, 2.24) is 20.2 Å². The first-order valence-electron chi connectivity index (χ1n) is 5.21. The molecule has 0 radical (unpaired) electrons. The number of anilines is 1. The molecule has 0 aliphatic carbocycles. The molecule has 0 aromatic carbocycles. The van der Waals surface area contributed by atoms with Gasteiger partial charge in [-0.2, -0.15) is 0 Å². The van der Waals surface area contributed by atoms with Crippen LogP contribution in [0.5, 0.6) is 0 Å². The molecule has 0 saturated heterocycles. The highest BCUT2D eigenvalue weighted by molar-refractivity contribution is 6.01. The van der Waals surface area contributed by atoms with Gasteiger partial charge in [0.25, 0.3) is 5.91 Å². The van der Waals surface area contributed by atoms with Crippen LogP contribution in [0.1, 0.15) is 27.8 Å². The van der Waals surface area contributed by atoms with Crippen molar-refractivity contribution in [3.05, 3.63) is 35.2 Å². The van der Waals surface area contributed by atoms with E-state index in [-0.39, 0.29) is 11.7 Å². The minimum absolute atomic E-state index is 0.127. The number of aromatic amines is 1. The summed E-state index contributed by atoms with van der Waals surface area (Å²) in [5.74, 6) is 0.388. The molecule has 0 spiro atoms. The SMILES string of the molecule is Cc1ccc(NC(=O)c2n[nH]c(C)n2)c(C)n1. The van der Waals surface area contributed by atoms with Crippen LogP contribution in [0.3, 0.4) is 0 Å². The Labute approximate surface area is 98.5 Å². The molecular formula is C11H13N5O. The maximum absolute atomic E-state index is 11.8. The average Bonchev–Trinajstić information content (AvgIpc) is 2.69. The van der Waals surface area contributed by atoms with Gasteiger partial charge in [0.15, 0.2) is 0 Å². The van der Waals surface area contributed by atoms with E-state index in [0.717, 1.165) is 11.4 Å². The Morgan fingerprint density at radius 1 is 1.24 bits per heavy atom. The van der Waals surface area contributed by atoms with E-state index in [0.29, 0.717) is 11.5 Å². The normalized spacial score (nSPS) is 10.3. The molecule has 2 rings (SSSR count). The molecule has 2 heterocycles. The van der Waals surface area contributed by atoms with Crippen LogP contribution in [-0.2, 0) is 0 Å². The molecule has 6 nitrogen and oxygen atoms in total. The molecule has 1 amide bonds. The summed E-state index contributed by atoms with van der Waals surface area (Å²) >= 11 is 0. The second-order valence-corrected chi connectivity index (χ2v) is 3.78. The molecule has 6 heteroatoms. The summed E-state index contributed by atoms with van der Waals surface area (Å²) < 4.78 is 0. The van der Waals surface area contributed by atoms with Gasteiger partial charge in [-0.3, -0.25) is 14.9 Å². The number of rotatable bonds is 2. The van der Waals surface area contributed by atoms with E-state index >= 15 is 0 Å². The molecule has 0 unspecified atom stereocenters. The first-order valence-corrected chi connectivity index (χ1v) is 5.21. The number of carbonyl (C=O) groups is 1. The summed E-state index contributed by atoms with van der Waals surface area (Å²) in [6, 6.07) is 3.65. The molecule has 0 atom stereocenters. The predicted molar refractivity (Wildman–Crippen MR) is 62.8 cm³/mol. The van der Waals surface area contributed by atoms with Gasteiger partial charge in [-0.05, 0) is 32.9 Å². The number of hydrogen-bond acceptors (Lipinski definition) is 4. The highest BCUT2D eigenvalue weighted by Gasteiger charge is 2.12. The molecule has 0 aliphatic heterocycles. The van der Waals surface area contributed by atoms with E-state index in [9.17, 15) is 4.79 Å². The molecule has 17 heavy (non-hydrogen) atoms. The molecule has 0 fully saturated rings. The van der Waals surface area contributed by atoms with Gasteiger partial charge in [0.2, 0.25) is 5.82 Å². The zero-order valence-electron chi connectivity index (χ0n) is 9.90. The number of nitrogens with zero attached hydrogens (tertiary/aromatic N) is 3. The standard InChI is InChI=1S/C11H13N5O/c1-6-4-5-9(7(2)12-6)14-11(17)10-13-8(3)15-16-10/h4-5H,1-3H3,(H,14,17)(H,13,15,16). The number of aryl methyl sites for hydroxylation is 3. The smallest absolute Gasteiger partial charge is 0.295 e. The molecule has 2 aromatic heterocycles. The average molecular weight is 231 g/mol. The van der Waals surface area contributed by atoms with Gasteiger partial charge in [-0.25, -0.2) is 4.98 Å². The van der Waals surface area contributed by atoms with Crippen LogP contribution < -0.4 is 5.32 Å². The van der Waals surface area contributed by atoms with Crippen molar-refractivity contribution >= 4 is 11.6 Å². The largest absolute Gasteiger partial charge is 0.318 e. The number of aromatic nitrogens is 4. The van der Waals surface area contributed by atoms with Crippen LogP contribution in [0.15, 0.2) is 12.1 Å². The number of amides is 1. The Balaban J connectivity index is 2.18. The van der Waals surface area contributed by atoms with Crippen LogP contribution in [-0.4, -0.2) is 26.1 Å². The first-order chi connectivity index (χ1) is 8.06. The van der Waals surface area contributed by atoms with Crippen molar-refractivity contribution in [3.63, 3.8) is 0 Å². The Bertz CT molecular complexity index is 561. The maximum Gasteiger partial charge on any atom is 0.295 e. The molecule has 2 N–H and O–H groups in total. The number of pyridine rings is 1. The van der Waals surface area contributed by atoms with Gasteiger partial charge in [0.05, 0.1) is 11.4 Å². The Morgan fingerprint density at radius 3 is 2.59 bits per heavy atom. The molecule has 2 aromatic rings. The molecule has 0 aliphatic rings. The second-order valence-electron chi connectivity index (χ2n) is 3.78. The summed E-state index contributed by atoms with van der Waals surface area (Å²) in [5, 5.41) is 9.13. The van der Waals surface area contributed by atoms with E-state index in [1.54, 1.807) is 6.92 Å². The minimum atomic E-state index is -0.344. The zero-order chi connectivity index (χ0) is 12.4. The van der Waals surface area contributed by atoms with Crippen LogP contribution in [0.25, 0.3) is 0 Å². The van der Waals surface area contributed by atoms with Gasteiger partial charge >= 0.3 is 0 Å². The number of carbonyl (C=O) groups excluding carboxylic acids is 1. The van der Waals surface area contributed by atoms with Gasteiger partial charge in [-0.15, -0.1) is 5.10 Å². The highest BCUT2D eigenvalue weighted by Crippen LogP contribution is 2.13. The topological polar surface area (TPSA) is 83.6 Å². The predicted octanol–water partition coefficient (Wildman–Crippen LogP) is 1.38. The fraction of sp³-hybridized carbons (Fsp3) is 0.273. The van der Waals surface area contributed by atoms with Crippen molar-refractivity contribution in [1.29, 1.82) is 0 Å². The Kier molecular flexibility index (Phi) is 2.86. The summed E-state index contributed by atoms with van der Waals surface area (Å²) in [4.78, 5) is 20.0. The van der Waals surface area contributed by atoms with Gasteiger partial charge in [0.1, 0.15) is 5.82 Å². The van der Waals surface area contributed by atoms with Crippen LogP contribution in [0.2, 0.25) is 0 Å². The monoisotopic (exact) mass is 231 g/mol. The number of H-pyrrole nitrogens is 1. The van der Waals surface area contributed by atoms with Crippen molar-refractivity contribution in [2.24, 2.45) is 0 Å². The summed E-state index contributed by atoms with van der Waals surface area (Å²) in [7, 11) is 0. The fourth-order valence-electron chi connectivity index (χ4n) is 1.44. The second kappa shape index (κ2) is 4.32. The van der Waals surface area contributed by atoms with E-state index in [4.69, 9.17) is 0 Å². The quantitative estimate of drug-likeness (QED) is 0.817.